The highest BCUT2D eigenvalue weighted by molar-refractivity contribution is 6.30. The van der Waals surface area contributed by atoms with E-state index in [-0.39, 0.29) is 12.4 Å². The minimum absolute atomic E-state index is 0. The number of fused-ring (bicyclic) bond motifs is 1. The zero-order chi connectivity index (χ0) is 22.3. The van der Waals surface area contributed by atoms with Crippen molar-refractivity contribution in [3.8, 4) is 11.4 Å². The number of halogens is 2. The van der Waals surface area contributed by atoms with Crippen LogP contribution in [0.2, 0.25) is 5.02 Å². The second kappa shape index (κ2) is 11.8. The van der Waals surface area contributed by atoms with E-state index in [9.17, 15) is 0 Å². The molecule has 1 saturated carbocycles. The van der Waals surface area contributed by atoms with Crippen LogP contribution >= 0.6 is 24.0 Å². The zero-order valence-corrected chi connectivity index (χ0v) is 19.9. The molecule has 3 heterocycles. The van der Waals surface area contributed by atoms with Gasteiger partial charge in [0.1, 0.15) is 5.82 Å². The molecule has 4 aromatic rings. The van der Waals surface area contributed by atoms with Gasteiger partial charge in [0, 0.05) is 30.0 Å². The molecule has 0 bridgehead atoms. The lowest BCUT2D eigenvalue weighted by atomic mass is 9.97. The summed E-state index contributed by atoms with van der Waals surface area (Å²) >= 11 is 5.91. The first-order valence-electron chi connectivity index (χ1n) is 10.9. The molecule has 1 aliphatic rings. The largest absolute Gasteiger partial charge is 0.381 e. The van der Waals surface area contributed by atoms with Crippen molar-refractivity contribution in [2.45, 2.75) is 44.7 Å². The molecule has 0 atom stereocenters. The quantitative estimate of drug-likeness (QED) is 0.360. The van der Waals surface area contributed by atoms with Gasteiger partial charge in [0.05, 0.1) is 17.6 Å². The van der Waals surface area contributed by atoms with Crippen LogP contribution in [0.25, 0.3) is 17.0 Å². The van der Waals surface area contributed by atoms with E-state index >= 15 is 0 Å². The van der Waals surface area contributed by atoms with Gasteiger partial charge in [-0.05, 0) is 42.7 Å². The van der Waals surface area contributed by atoms with Crippen molar-refractivity contribution < 1.29 is 0 Å². The molecule has 0 radical (unpaired) electrons. The van der Waals surface area contributed by atoms with E-state index in [0.29, 0.717) is 24.1 Å². The Hall–Kier alpha value is -2.87. The fraction of sp³-hybridized carbons (Fsp3) is 0.292. The second-order valence-electron chi connectivity index (χ2n) is 7.94. The standard InChI is InChI=1S/C18H15ClN6.C6H13N.ClH/c19-13-6-4-12(5-7-13)10-22-16-3-1-2-14(24-16)15-11-23-18-17(20)21-8-9-25(15)18;7-6-4-2-1-3-5-6;/h1-9,11H,10H2,(H2,20,21)(H,22,24);6H,1-5,7H2;1H. The first kappa shape index (κ1) is 24.8. The fourth-order valence-electron chi connectivity index (χ4n) is 3.73. The van der Waals surface area contributed by atoms with Crippen LogP contribution in [0.5, 0.6) is 0 Å². The number of hydrogen-bond acceptors (Lipinski definition) is 6. The Morgan fingerprint density at radius 2 is 1.79 bits per heavy atom. The summed E-state index contributed by atoms with van der Waals surface area (Å²) in [5.74, 6) is 1.18. The second-order valence-corrected chi connectivity index (χ2v) is 8.37. The van der Waals surface area contributed by atoms with Crippen LogP contribution in [-0.2, 0) is 6.54 Å². The number of nitrogens with one attached hydrogen (secondary N) is 1. The van der Waals surface area contributed by atoms with Crippen molar-refractivity contribution in [1.82, 2.24) is 19.4 Å². The molecule has 1 aliphatic carbocycles. The third-order valence-corrected chi connectivity index (χ3v) is 5.76. The van der Waals surface area contributed by atoms with Gasteiger partial charge in [-0.25, -0.2) is 15.0 Å². The van der Waals surface area contributed by atoms with Crippen molar-refractivity contribution in [2.75, 3.05) is 11.1 Å². The molecule has 3 aromatic heterocycles. The van der Waals surface area contributed by atoms with E-state index in [1.165, 1.54) is 32.1 Å². The van der Waals surface area contributed by atoms with Gasteiger partial charge in [0.25, 0.3) is 0 Å². The number of imidazole rings is 1. The zero-order valence-electron chi connectivity index (χ0n) is 18.3. The maximum absolute atomic E-state index is 5.91. The summed E-state index contributed by atoms with van der Waals surface area (Å²) in [5.41, 5.74) is 14.9. The molecule has 1 fully saturated rings. The number of benzene rings is 1. The van der Waals surface area contributed by atoms with Gasteiger partial charge in [-0.2, -0.15) is 0 Å². The van der Waals surface area contributed by atoms with E-state index in [2.05, 4.69) is 20.3 Å². The molecule has 0 amide bonds. The molecule has 33 heavy (non-hydrogen) atoms. The molecule has 9 heteroatoms. The number of anilines is 2. The highest BCUT2D eigenvalue weighted by Gasteiger charge is 2.10. The molecule has 0 saturated heterocycles. The summed E-state index contributed by atoms with van der Waals surface area (Å²) in [6.07, 6.45) is 11.9. The Balaban J connectivity index is 0.000000330. The number of hydrogen-bond donors (Lipinski definition) is 3. The third kappa shape index (κ3) is 6.57. The van der Waals surface area contributed by atoms with Gasteiger partial charge < -0.3 is 16.8 Å². The van der Waals surface area contributed by atoms with Crippen LogP contribution in [0, 0.1) is 0 Å². The number of nitrogens with zero attached hydrogens (tertiary/aromatic N) is 4. The first-order chi connectivity index (χ1) is 15.6. The lowest BCUT2D eigenvalue weighted by molar-refractivity contribution is 0.441. The lowest BCUT2D eigenvalue weighted by Gasteiger charge is -2.15. The number of rotatable bonds is 4. The molecular weight excluding hydrogens is 457 g/mol. The maximum atomic E-state index is 5.91. The van der Waals surface area contributed by atoms with Crippen molar-refractivity contribution in [1.29, 1.82) is 0 Å². The topological polar surface area (TPSA) is 107 Å². The number of nitrogens with two attached hydrogens (primary N) is 2. The molecule has 0 aliphatic heterocycles. The van der Waals surface area contributed by atoms with Crippen molar-refractivity contribution in [3.05, 3.63) is 71.6 Å². The van der Waals surface area contributed by atoms with Gasteiger partial charge in [0.2, 0.25) is 0 Å². The number of pyridine rings is 1. The molecule has 5 rings (SSSR count). The maximum Gasteiger partial charge on any atom is 0.180 e. The molecular formula is C24H29Cl2N7. The normalized spacial score (nSPS) is 13.6. The van der Waals surface area contributed by atoms with Gasteiger partial charge in [0.15, 0.2) is 11.5 Å². The molecule has 174 valence electrons. The van der Waals surface area contributed by atoms with Crippen LogP contribution in [-0.4, -0.2) is 25.4 Å². The Labute approximate surface area is 205 Å². The van der Waals surface area contributed by atoms with E-state index in [1.807, 2.05) is 53.1 Å². The Kier molecular flexibility index (Phi) is 8.88. The smallest absolute Gasteiger partial charge is 0.180 e. The first-order valence-corrected chi connectivity index (χ1v) is 11.3. The van der Waals surface area contributed by atoms with Crippen LogP contribution in [0.15, 0.2) is 61.1 Å². The van der Waals surface area contributed by atoms with Crippen LogP contribution in [0.1, 0.15) is 37.7 Å². The monoisotopic (exact) mass is 485 g/mol. The number of nitrogen functional groups attached to an aromatic ring is 1. The van der Waals surface area contributed by atoms with Gasteiger partial charge in [-0.1, -0.05) is 49.1 Å². The summed E-state index contributed by atoms with van der Waals surface area (Å²) < 4.78 is 1.88. The molecule has 5 N–H and O–H groups in total. The molecule has 7 nitrogen and oxygen atoms in total. The fourth-order valence-corrected chi connectivity index (χ4v) is 3.86. The van der Waals surface area contributed by atoms with Crippen molar-refractivity contribution in [3.63, 3.8) is 0 Å². The number of aromatic nitrogens is 4. The predicted molar refractivity (Wildman–Crippen MR) is 138 cm³/mol. The summed E-state index contributed by atoms with van der Waals surface area (Å²) in [5, 5.41) is 4.05. The Morgan fingerprint density at radius 3 is 2.48 bits per heavy atom. The highest BCUT2D eigenvalue weighted by Crippen LogP contribution is 2.22. The minimum atomic E-state index is 0. The van der Waals surface area contributed by atoms with E-state index in [1.54, 1.807) is 12.4 Å². The summed E-state index contributed by atoms with van der Waals surface area (Å²) in [6.45, 7) is 0.664. The van der Waals surface area contributed by atoms with Gasteiger partial charge >= 0.3 is 0 Å². The third-order valence-electron chi connectivity index (χ3n) is 5.50. The van der Waals surface area contributed by atoms with Crippen molar-refractivity contribution >= 4 is 41.3 Å². The lowest BCUT2D eigenvalue weighted by Crippen LogP contribution is -2.22. The predicted octanol–water partition coefficient (Wildman–Crippen LogP) is 5.34. The Morgan fingerprint density at radius 1 is 1.03 bits per heavy atom. The van der Waals surface area contributed by atoms with Crippen LogP contribution in [0.4, 0.5) is 11.6 Å². The highest BCUT2D eigenvalue weighted by atomic mass is 35.5. The van der Waals surface area contributed by atoms with Crippen LogP contribution < -0.4 is 16.8 Å². The van der Waals surface area contributed by atoms with E-state index < -0.39 is 0 Å². The summed E-state index contributed by atoms with van der Waals surface area (Å²) in [4.78, 5) is 13.1. The molecule has 0 unspecified atom stereocenters. The van der Waals surface area contributed by atoms with E-state index in [0.717, 1.165) is 27.8 Å². The van der Waals surface area contributed by atoms with E-state index in [4.69, 9.17) is 23.1 Å². The van der Waals surface area contributed by atoms with Gasteiger partial charge in [-0.3, -0.25) is 4.40 Å². The van der Waals surface area contributed by atoms with Crippen molar-refractivity contribution in [2.24, 2.45) is 5.73 Å². The van der Waals surface area contributed by atoms with Crippen LogP contribution in [0.3, 0.4) is 0 Å². The minimum Gasteiger partial charge on any atom is -0.381 e. The Bertz CT molecular complexity index is 1160. The molecule has 1 aromatic carbocycles. The van der Waals surface area contributed by atoms with Gasteiger partial charge in [-0.15, -0.1) is 12.4 Å². The molecule has 0 spiro atoms. The average molecular weight is 486 g/mol. The average Bonchev–Trinajstić information content (AvgIpc) is 3.26. The summed E-state index contributed by atoms with van der Waals surface area (Å²) in [6, 6.07) is 14.1. The summed E-state index contributed by atoms with van der Waals surface area (Å²) in [7, 11) is 0. The SMILES string of the molecule is Cl.NC1CCCCC1.Nc1nccn2c(-c3cccc(NCc4ccc(Cl)cc4)n3)cnc12.